The van der Waals surface area contributed by atoms with Crippen molar-refractivity contribution in [1.82, 2.24) is 0 Å². The minimum absolute atomic E-state index is 0.593. The summed E-state index contributed by atoms with van der Waals surface area (Å²) in [5.41, 5.74) is 0.593. The molecular formula is C8H18Cl2Si. The maximum absolute atomic E-state index is 5.85. The van der Waals surface area contributed by atoms with E-state index in [1.807, 2.05) is 0 Å². The summed E-state index contributed by atoms with van der Waals surface area (Å²) in [7, 11) is -1.37. The second kappa shape index (κ2) is 7.45. The fraction of sp³-hybridized carbons (Fsp3) is 1.00. The predicted octanol–water partition coefficient (Wildman–Crippen LogP) is 4.05. The van der Waals surface area contributed by atoms with E-state index in [9.17, 15) is 0 Å². The van der Waals surface area contributed by atoms with Crippen molar-refractivity contribution in [1.29, 1.82) is 0 Å². The molecule has 0 aliphatic heterocycles. The Kier molecular flexibility index (Phi) is 7.99. The quantitative estimate of drug-likeness (QED) is 0.355. The Bertz CT molecular complexity index is 86.2. The van der Waals surface area contributed by atoms with Crippen molar-refractivity contribution in [2.75, 3.05) is 0 Å². The van der Waals surface area contributed by atoms with Crippen LogP contribution in [-0.4, -0.2) is 7.42 Å². The molecule has 1 unspecified atom stereocenters. The third-order valence-electron chi connectivity index (χ3n) is 1.94. The maximum atomic E-state index is 5.85. The van der Waals surface area contributed by atoms with Gasteiger partial charge in [-0.3, -0.25) is 0 Å². The van der Waals surface area contributed by atoms with E-state index in [-0.39, 0.29) is 0 Å². The van der Waals surface area contributed by atoms with Crippen molar-refractivity contribution < 1.29 is 0 Å². The smallest absolute Gasteiger partial charge is 0.150 e. The van der Waals surface area contributed by atoms with Crippen LogP contribution in [0.1, 0.15) is 46.0 Å². The number of unbranched alkanes of at least 4 members (excludes halogenated alkanes) is 3. The van der Waals surface area contributed by atoms with E-state index < -0.39 is 7.42 Å². The molecule has 68 valence electrons. The molecule has 0 aromatic heterocycles. The van der Waals surface area contributed by atoms with Gasteiger partial charge in [-0.05, 0) is 5.54 Å². The van der Waals surface area contributed by atoms with Crippen LogP contribution in [0.5, 0.6) is 0 Å². The van der Waals surface area contributed by atoms with Gasteiger partial charge in [0.25, 0.3) is 0 Å². The molecule has 0 aliphatic rings. The highest BCUT2D eigenvalue weighted by molar-refractivity contribution is 7.34. The topological polar surface area (TPSA) is 0 Å². The van der Waals surface area contributed by atoms with Crippen LogP contribution >= 0.6 is 22.2 Å². The van der Waals surface area contributed by atoms with Gasteiger partial charge in [0.1, 0.15) is 0 Å². The van der Waals surface area contributed by atoms with Crippen LogP contribution in [0.3, 0.4) is 0 Å². The van der Waals surface area contributed by atoms with Crippen molar-refractivity contribution in [3.05, 3.63) is 0 Å². The molecule has 0 bridgehead atoms. The molecule has 0 N–H and O–H groups in total. The third kappa shape index (κ3) is 7.17. The van der Waals surface area contributed by atoms with Gasteiger partial charge in [0.05, 0.1) is 0 Å². The first-order valence-corrected chi connectivity index (χ1v) is 8.62. The second-order valence-electron chi connectivity index (χ2n) is 3.16. The SMILES string of the molecule is CCCCCCC(C)[SiH](Cl)Cl. The molecule has 0 aromatic rings. The van der Waals surface area contributed by atoms with Crippen molar-refractivity contribution in [3.63, 3.8) is 0 Å². The van der Waals surface area contributed by atoms with Crippen molar-refractivity contribution >= 4 is 29.6 Å². The van der Waals surface area contributed by atoms with Gasteiger partial charge in [-0.25, -0.2) is 0 Å². The van der Waals surface area contributed by atoms with Gasteiger partial charge in [-0.2, -0.15) is 22.2 Å². The van der Waals surface area contributed by atoms with Gasteiger partial charge in [0.15, 0.2) is 0 Å². The van der Waals surface area contributed by atoms with E-state index >= 15 is 0 Å². The second-order valence-corrected chi connectivity index (χ2v) is 8.46. The van der Waals surface area contributed by atoms with E-state index in [0.29, 0.717) is 5.54 Å². The highest BCUT2D eigenvalue weighted by atomic mass is 35.7. The van der Waals surface area contributed by atoms with Crippen LogP contribution in [0.2, 0.25) is 5.54 Å². The molecule has 0 heterocycles. The van der Waals surface area contributed by atoms with Crippen LogP contribution in [0, 0.1) is 0 Å². The number of hydrogen-bond acceptors (Lipinski definition) is 0. The van der Waals surface area contributed by atoms with E-state index in [1.54, 1.807) is 0 Å². The molecule has 0 amide bonds. The van der Waals surface area contributed by atoms with Crippen molar-refractivity contribution in [2.24, 2.45) is 0 Å². The summed E-state index contributed by atoms with van der Waals surface area (Å²) in [6.07, 6.45) is 6.53. The normalized spacial score (nSPS) is 13.9. The summed E-state index contributed by atoms with van der Waals surface area (Å²) < 4.78 is 0. The Morgan fingerprint density at radius 3 is 2.27 bits per heavy atom. The van der Waals surface area contributed by atoms with Gasteiger partial charge in [-0.1, -0.05) is 46.0 Å². The van der Waals surface area contributed by atoms with E-state index in [1.165, 1.54) is 32.1 Å². The number of rotatable bonds is 6. The first-order chi connectivity index (χ1) is 5.18. The van der Waals surface area contributed by atoms with Gasteiger partial charge >= 0.3 is 0 Å². The van der Waals surface area contributed by atoms with Gasteiger partial charge in [0, 0.05) is 0 Å². The van der Waals surface area contributed by atoms with Crippen molar-refractivity contribution in [3.8, 4) is 0 Å². The Balaban J connectivity index is 3.10. The summed E-state index contributed by atoms with van der Waals surface area (Å²) in [5, 5.41) is 0. The average molecular weight is 213 g/mol. The number of hydrogen-bond donors (Lipinski definition) is 0. The molecule has 0 aromatic carbocycles. The summed E-state index contributed by atoms with van der Waals surface area (Å²) >= 11 is 11.7. The first kappa shape index (κ1) is 11.8. The molecule has 0 aliphatic carbocycles. The molecular weight excluding hydrogens is 195 g/mol. The molecule has 3 heteroatoms. The predicted molar refractivity (Wildman–Crippen MR) is 57.0 cm³/mol. The Labute approximate surface area is 81.3 Å². The van der Waals surface area contributed by atoms with E-state index in [0.717, 1.165) is 0 Å². The van der Waals surface area contributed by atoms with Crippen LogP contribution in [0.15, 0.2) is 0 Å². The van der Waals surface area contributed by atoms with Crippen LogP contribution in [0.4, 0.5) is 0 Å². The fourth-order valence-electron chi connectivity index (χ4n) is 1.02. The van der Waals surface area contributed by atoms with E-state index in [2.05, 4.69) is 13.8 Å². The Hall–Kier alpha value is 0.797. The van der Waals surface area contributed by atoms with Crippen LogP contribution in [0.25, 0.3) is 0 Å². The Morgan fingerprint density at radius 2 is 1.82 bits per heavy atom. The Morgan fingerprint density at radius 1 is 1.18 bits per heavy atom. The lowest BCUT2D eigenvalue weighted by molar-refractivity contribution is 0.623. The maximum Gasteiger partial charge on any atom is 0.239 e. The van der Waals surface area contributed by atoms with Crippen LogP contribution < -0.4 is 0 Å². The third-order valence-corrected chi connectivity index (χ3v) is 5.72. The van der Waals surface area contributed by atoms with Gasteiger partial charge in [0.2, 0.25) is 7.42 Å². The molecule has 0 radical (unpaired) electrons. The van der Waals surface area contributed by atoms with Crippen molar-refractivity contribution in [2.45, 2.75) is 51.5 Å². The summed E-state index contributed by atoms with van der Waals surface area (Å²) in [6.45, 7) is 4.40. The largest absolute Gasteiger partial charge is 0.239 e. The first-order valence-electron chi connectivity index (χ1n) is 4.46. The highest BCUT2D eigenvalue weighted by Gasteiger charge is 2.12. The standard InChI is InChI=1S/C8H18Cl2Si/c1-3-4-5-6-7-8(2)11(9)10/h8,11H,3-7H2,1-2H3. The lowest BCUT2D eigenvalue weighted by Gasteiger charge is -2.09. The van der Waals surface area contributed by atoms with E-state index in [4.69, 9.17) is 22.2 Å². The van der Waals surface area contributed by atoms with Gasteiger partial charge in [-0.15, -0.1) is 0 Å². The zero-order valence-corrected chi connectivity index (χ0v) is 10.1. The molecule has 0 fully saturated rings. The summed E-state index contributed by atoms with van der Waals surface area (Å²) in [4.78, 5) is 0. The lowest BCUT2D eigenvalue weighted by Crippen LogP contribution is -2.02. The molecule has 0 saturated heterocycles. The minimum Gasteiger partial charge on any atom is -0.150 e. The minimum atomic E-state index is -1.37. The van der Waals surface area contributed by atoms with Crippen LogP contribution in [-0.2, 0) is 0 Å². The zero-order valence-electron chi connectivity index (χ0n) is 7.45. The fourth-order valence-corrected chi connectivity index (χ4v) is 2.26. The van der Waals surface area contributed by atoms with Gasteiger partial charge < -0.3 is 0 Å². The molecule has 1 atom stereocenters. The molecule has 0 spiro atoms. The molecule has 0 saturated carbocycles. The summed E-state index contributed by atoms with van der Waals surface area (Å²) in [5.74, 6) is 0. The average Bonchev–Trinajstić information content (AvgIpc) is 1.97. The highest BCUT2D eigenvalue weighted by Crippen LogP contribution is 2.22. The molecule has 0 rings (SSSR count). The summed E-state index contributed by atoms with van der Waals surface area (Å²) in [6, 6.07) is 0. The monoisotopic (exact) mass is 212 g/mol. The molecule has 11 heavy (non-hydrogen) atoms. The lowest BCUT2D eigenvalue weighted by atomic mass is 10.1. The number of halogens is 2. The molecule has 0 nitrogen and oxygen atoms in total. The zero-order chi connectivity index (χ0) is 8.69.